The average Bonchev–Trinajstić information content (AvgIpc) is 2.93. The van der Waals surface area contributed by atoms with Crippen molar-refractivity contribution in [3.8, 4) is 16.9 Å². The SMILES string of the molecule is CC1CN(c2cc(F)c(-c3cnc(N4CCOCC4)nc3)cc2NC(=O)c2cccc(O)c2)CC(C)N1C. The first-order valence-corrected chi connectivity index (χ1v) is 12.9. The van der Waals surface area contributed by atoms with E-state index in [0.29, 0.717) is 73.4 Å². The molecule has 2 unspecified atom stereocenters. The number of amides is 1. The number of nitrogens with zero attached hydrogens (tertiary/aromatic N) is 5. The Labute approximate surface area is 221 Å². The van der Waals surface area contributed by atoms with Gasteiger partial charge in [0.1, 0.15) is 11.6 Å². The molecule has 5 rings (SSSR count). The van der Waals surface area contributed by atoms with E-state index in [0.717, 1.165) is 0 Å². The first-order valence-electron chi connectivity index (χ1n) is 12.9. The predicted octanol–water partition coefficient (Wildman–Crippen LogP) is 3.61. The van der Waals surface area contributed by atoms with Gasteiger partial charge in [-0.3, -0.25) is 9.69 Å². The molecule has 200 valence electrons. The van der Waals surface area contributed by atoms with Gasteiger partial charge in [0.2, 0.25) is 5.95 Å². The van der Waals surface area contributed by atoms with Gasteiger partial charge < -0.3 is 25.0 Å². The maximum atomic E-state index is 15.6. The highest BCUT2D eigenvalue weighted by Gasteiger charge is 2.29. The van der Waals surface area contributed by atoms with Crippen molar-refractivity contribution in [1.29, 1.82) is 0 Å². The lowest BCUT2D eigenvalue weighted by molar-refractivity contribution is 0.102. The van der Waals surface area contributed by atoms with Crippen LogP contribution in [-0.4, -0.2) is 84.4 Å². The summed E-state index contributed by atoms with van der Waals surface area (Å²) in [7, 11) is 2.08. The minimum Gasteiger partial charge on any atom is -0.508 e. The van der Waals surface area contributed by atoms with Crippen LogP contribution >= 0.6 is 0 Å². The van der Waals surface area contributed by atoms with E-state index < -0.39 is 11.7 Å². The number of benzene rings is 2. The molecule has 1 amide bonds. The Kier molecular flexibility index (Phi) is 7.44. The summed E-state index contributed by atoms with van der Waals surface area (Å²) in [5.41, 5.74) is 2.20. The fourth-order valence-electron chi connectivity index (χ4n) is 4.98. The quantitative estimate of drug-likeness (QED) is 0.527. The van der Waals surface area contributed by atoms with Crippen molar-refractivity contribution in [3.05, 3.63) is 60.2 Å². The molecule has 9 nitrogen and oxygen atoms in total. The number of ether oxygens (including phenoxy) is 1. The maximum Gasteiger partial charge on any atom is 0.255 e. The van der Waals surface area contributed by atoms with Crippen molar-refractivity contribution in [2.75, 3.05) is 61.6 Å². The van der Waals surface area contributed by atoms with Gasteiger partial charge in [-0.05, 0) is 51.2 Å². The Balaban J connectivity index is 1.50. The van der Waals surface area contributed by atoms with Crippen LogP contribution in [0.1, 0.15) is 24.2 Å². The van der Waals surface area contributed by atoms with E-state index in [-0.39, 0.29) is 17.8 Å². The van der Waals surface area contributed by atoms with Crippen LogP contribution in [0.25, 0.3) is 11.1 Å². The number of halogens is 1. The molecule has 3 heterocycles. The molecule has 0 bridgehead atoms. The molecule has 38 heavy (non-hydrogen) atoms. The molecule has 2 fully saturated rings. The molecule has 1 aromatic heterocycles. The van der Waals surface area contributed by atoms with Gasteiger partial charge in [0.05, 0.1) is 24.6 Å². The third kappa shape index (κ3) is 5.41. The summed E-state index contributed by atoms with van der Waals surface area (Å²) in [5.74, 6) is -0.241. The van der Waals surface area contributed by atoms with Gasteiger partial charge in [-0.25, -0.2) is 14.4 Å². The molecule has 2 N–H and O–H groups in total. The summed E-state index contributed by atoms with van der Waals surface area (Å²) in [6.07, 6.45) is 3.22. The molecule has 3 aromatic rings. The summed E-state index contributed by atoms with van der Waals surface area (Å²) >= 11 is 0. The molecule has 0 aliphatic carbocycles. The summed E-state index contributed by atoms with van der Waals surface area (Å²) in [4.78, 5) is 28.5. The summed E-state index contributed by atoms with van der Waals surface area (Å²) < 4.78 is 21.0. The monoisotopic (exact) mass is 520 g/mol. The molecule has 10 heteroatoms. The van der Waals surface area contributed by atoms with Gasteiger partial charge in [-0.1, -0.05) is 6.07 Å². The van der Waals surface area contributed by atoms with Crippen LogP contribution in [0.5, 0.6) is 5.75 Å². The third-order valence-electron chi connectivity index (χ3n) is 7.39. The van der Waals surface area contributed by atoms with Gasteiger partial charge >= 0.3 is 0 Å². The van der Waals surface area contributed by atoms with E-state index in [2.05, 4.69) is 46.0 Å². The maximum absolute atomic E-state index is 15.6. The summed E-state index contributed by atoms with van der Waals surface area (Å²) in [5, 5.41) is 12.8. The zero-order valence-corrected chi connectivity index (χ0v) is 21.9. The normalized spacial score (nSPS) is 20.4. The zero-order chi connectivity index (χ0) is 26.8. The van der Waals surface area contributed by atoms with Crippen LogP contribution < -0.4 is 15.1 Å². The number of rotatable bonds is 5. The largest absolute Gasteiger partial charge is 0.508 e. The molecule has 2 atom stereocenters. The van der Waals surface area contributed by atoms with Crippen LogP contribution in [0.4, 0.5) is 21.7 Å². The van der Waals surface area contributed by atoms with E-state index in [4.69, 9.17) is 4.74 Å². The Bertz CT molecular complexity index is 1290. The number of morpholine rings is 1. The van der Waals surface area contributed by atoms with Crippen molar-refractivity contribution in [1.82, 2.24) is 14.9 Å². The molecule has 0 spiro atoms. The average molecular weight is 521 g/mol. The number of carbonyl (C=O) groups is 1. The molecular formula is C28H33FN6O3. The third-order valence-corrected chi connectivity index (χ3v) is 7.39. The van der Waals surface area contributed by atoms with E-state index in [1.807, 2.05) is 4.90 Å². The van der Waals surface area contributed by atoms with E-state index >= 15 is 4.39 Å². The van der Waals surface area contributed by atoms with Crippen LogP contribution in [0.15, 0.2) is 48.8 Å². The van der Waals surface area contributed by atoms with Crippen molar-refractivity contribution in [3.63, 3.8) is 0 Å². The number of phenolic OH excluding ortho intramolecular Hbond substituents is 1. The molecule has 0 saturated carbocycles. The number of anilines is 3. The number of phenols is 1. The number of hydrogen-bond donors (Lipinski definition) is 2. The fraction of sp³-hybridized carbons (Fsp3) is 0.393. The van der Waals surface area contributed by atoms with Crippen LogP contribution in [0, 0.1) is 5.82 Å². The van der Waals surface area contributed by atoms with Crippen molar-refractivity contribution in [2.24, 2.45) is 0 Å². The number of hydrogen-bond acceptors (Lipinski definition) is 8. The standard InChI is InChI=1S/C28H33FN6O3/c1-18-16-35(17-19(2)33(18)3)26-13-24(29)23(12-25(26)32-27(37)20-5-4-6-22(36)11-20)21-14-30-28(31-15-21)34-7-9-38-10-8-34/h4-6,11-15,18-19,36H,7-10,16-17H2,1-3H3,(H,32,37). The Morgan fingerprint density at radius 3 is 2.39 bits per heavy atom. The Morgan fingerprint density at radius 1 is 1.05 bits per heavy atom. The highest BCUT2D eigenvalue weighted by atomic mass is 19.1. The van der Waals surface area contributed by atoms with Crippen molar-refractivity contribution >= 4 is 23.2 Å². The first kappa shape index (κ1) is 25.9. The minimum atomic E-state index is -0.419. The van der Waals surface area contributed by atoms with Gasteiger partial charge in [0, 0.05) is 67.3 Å². The lowest BCUT2D eigenvalue weighted by atomic mass is 10.0. The summed E-state index contributed by atoms with van der Waals surface area (Å²) in [6.45, 7) is 8.28. The fourth-order valence-corrected chi connectivity index (χ4v) is 4.98. The van der Waals surface area contributed by atoms with Gasteiger partial charge in [0.15, 0.2) is 0 Å². The van der Waals surface area contributed by atoms with Gasteiger partial charge in [0.25, 0.3) is 5.91 Å². The highest BCUT2D eigenvalue weighted by Crippen LogP contribution is 2.36. The van der Waals surface area contributed by atoms with Crippen molar-refractivity contribution < 1.29 is 19.0 Å². The predicted molar refractivity (Wildman–Crippen MR) is 145 cm³/mol. The number of aromatic nitrogens is 2. The van der Waals surface area contributed by atoms with Crippen molar-refractivity contribution in [2.45, 2.75) is 25.9 Å². The number of carbonyl (C=O) groups excluding carboxylic acids is 1. The number of nitrogens with one attached hydrogen (secondary N) is 1. The van der Waals surface area contributed by atoms with E-state index in [1.54, 1.807) is 30.6 Å². The topological polar surface area (TPSA) is 94.1 Å². The highest BCUT2D eigenvalue weighted by molar-refractivity contribution is 6.06. The van der Waals surface area contributed by atoms with Gasteiger partial charge in [-0.2, -0.15) is 0 Å². The molecule has 2 saturated heterocycles. The smallest absolute Gasteiger partial charge is 0.255 e. The van der Waals surface area contributed by atoms with Crippen LogP contribution in [0.2, 0.25) is 0 Å². The lowest BCUT2D eigenvalue weighted by Crippen LogP contribution is -2.55. The summed E-state index contributed by atoms with van der Waals surface area (Å²) in [6, 6.07) is 9.76. The Morgan fingerprint density at radius 2 is 1.74 bits per heavy atom. The first-order chi connectivity index (χ1) is 18.3. The molecule has 2 aliphatic rings. The number of piperazine rings is 1. The van der Waals surface area contributed by atoms with E-state index in [9.17, 15) is 9.90 Å². The Hall–Kier alpha value is -3.76. The van der Waals surface area contributed by atoms with Crippen LogP contribution in [0.3, 0.4) is 0 Å². The second kappa shape index (κ2) is 10.9. The van der Waals surface area contributed by atoms with Gasteiger partial charge in [-0.15, -0.1) is 0 Å². The van der Waals surface area contributed by atoms with E-state index in [1.165, 1.54) is 18.2 Å². The second-order valence-electron chi connectivity index (χ2n) is 9.99. The molecule has 0 radical (unpaired) electrons. The zero-order valence-electron chi connectivity index (χ0n) is 21.9. The number of likely N-dealkylation sites (N-methyl/N-ethyl adjacent to an activating group) is 1. The second-order valence-corrected chi connectivity index (χ2v) is 9.99. The minimum absolute atomic E-state index is 0.00288. The molecular weight excluding hydrogens is 487 g/mol. The van der Waals surface area contributed by atoms with Crippen LogP contribution in [-0.2, 0) is 4.74 Å². The number of aromatic hydroxyl groups is 1. The molecule has 2 aromatic carbocycles. The molecule has 2 aliphatic heterocycles. The lowest BCUT2D eigenvalue weighted by Gasteiger charge is -2.44.